The number of rotatable bonds is 7. The maximum absolute atomic E-state index is 11.2. The first-order chi connectivity index (χ1) is 9.20. The Bertz CT molecular complexity index is 506. The van der Waals surface area contributed by atoms with Crippen LogP contribution in [0.3, 0.4) is 0 Å². The van der Waals surface area contributed by atoms with Crippen LogP contribution in [-0.2, 0) is 13.8 Å². The highest BCUT2D eigenvalue weighted by molar-refractivity contribution is 8.13. The summed E-state index contributed by atoms with van der Waals surface area (Å²) in [4.78, 5) is 0.120. The number of hydrogen-bond donors (Lipinski definition) is 0. The molecule has 1 atom stereocenters. The summed E-state index contributed by atoms with van der Waals surface area (Å²) in [6, 6.07) is 6.62. The Balaban J connectivity index is 2.90. The zero-order chi connectivity index (χ0) is 15.3. The van der Waals surface area contributed by atoms with Crippen LogP contribution >= 0.6 is 10.7 Å². The molecule has 0 bridgehead atoms. The van der Waals surface area contributed by atoms with Crippen LogP contribution in [0, 0.1) is 11.8 Å². The van der Waals surface area contributed by atoms with Crippen molar-refractivity contribution in [1.29, 1.82) is 0 Å². The van der Waals surface area contributed by atoms with Crippen molar-refractivity contribution < 1.29 is 13.2 Å². The fourth-order valence-corrected chi connectivity index (χ4v) is 2.65. The third-order valence-corrected chi connectivity index (χ3v) is 4.22. The predicted molar refractivity (Wildman–Crippen MR) is 82.5 cm³/mol. The van der Waals surface area contributed by atoms with Crippen molar-refractivity contribution in [2.75, 3.05) is 6.61 Å². The summed E-state index contributed by atoms with van der Waals surface area (Å²) in [5, 5.41) is 0. The van der Waals surface area contributed by atoms with E-state index in [1.165, 1.54) is 12.1 Å². The Kier molecular flexibility index (Phi) is 6.49. The summed E-state index contributed by atoms with van der Waals surface area (Å²) in [6.07, 6.45) is 0.893. The van der Waals surface area contributed by atoms with E-state index in [4.69, 9.17) is 15.4 Å². The molecule has 0 heterocycles. The molecule has 5 heteroatoms. The lowest BCUT2D eigenvalue weighted by Gasteiger charge is -2.21. The van der Waals surface area contributed by atoms with Crippen LogP contribution in [0.2, 0.25) is 0 Å². The molecule has 0 aliphatic carbocycles. The van der Waals surface area contributed by atoms with Gasteiger partial charge in [0, 0.05) is 17.3 Å². The van der Waals surface area contributed by atoms with E-state index in [-0.39, 0.29) is 11.0 Å². The molecule has 114 valence electrons. The lowest BCUT2D eigenvalue weighted by Crippen LogP contribution is -2.11. The average molecular weight is 319 g/mol. The molecule has 1 aromatic carbocycles. The minimum Gasteiger partial charge on any atom is -0.373 e. The van der Waals surface area contributed by atoms with Crippen molar-refractivity contribution >= 4 is 19.7 Å². The largest absolute Gasteiger partial charge is 0.373 e. The summed E-state index contributed by atoms with van der Waals surface area (Å²) >= 11 is 0. The Morgan fingerprint density at radius 2 is 1.60 bits per heavy atom. The molecule has 0 aliphatic rings. The van der Waals surface area contributed by atoms with E-state index in [2.05, 4.69) is 27.7 Å². The van der Waals surface area contributed by atoms with E-state index in [1.54, 1.807) is 12.1 Å². The van der Waals surface area contributed by atoms with Gasteiger partial charge in [-0.1, -0.05) is 39.8 Å². The number of hydrogen-bond acceptors (Lipinski definition) is 3. The van der Waals surface area contributed by atoms with Crippen molar-refractivity contribution in [2.24, 2.45) is 11.8 Å². The fraction of sp³-hybridized carbons (Fsp3) is 0.600. The summed E-state index contributed by atoms with van der Waals surface area (Å²) in [5.41, 5.74) is 0.989. The van der Waals surface area contributed by atoms with Gasteiger partial charge in [-0.05, 0) is 36.0 Å². The van der Waals surface area contributed by atoms with E-state index in [0.29, 0.717) is 18.4 Å². The molecule has 0 saturated heterocycles. The van der Waals surface area contributed by atoms with Crippen LogP contribution in [0.25, 0.3) is 0 Å². The molecule has 0 aromatic heterocycles. The Labute approximate surface area is 126 Å². The van der Waals surface area contributed by atoms with E-state index in [9.17, 15) is 8.42 Å². The topological polar surface area (TPSA) is 43.4 Å². The van der Waals surface area contributed by atoms with Gasteiger partial charge in [0.1, 0.15) is 0 Å². The van der Waals surface area contributed by atoms with Gasteiger partial charge in [0.2, 0.25) is 0 Å². The number of ether oxygens (including phenoxy) is 1. The lowest BCUT2D eigenvalue weighted by atomic mass is 9.99. The van der Waals surface area contributed by atoms with Gasteiger partial charge in [0.25, 0.3) is 9.05 Å². The molecule has 1 aromatic rings. The van der Waals surface area contributed by atoms with Crippen LogP contribution in [0.15, 0.2) is 29.2 Å². The average Bonchev–Trinajstić information content (AvgIpc) is 2.33. The summed E-state index contributed by atoms with van der Waals surface area (Å²) in [6.45, 7) is 9.19. The zero-order valence-electron chi connectivity index (χ0n) is 12.5. The molecule has 0 aliphatic heterocycles. The van der Waals surface area contributed by atoms with E-state index in [1.807, 2.05) is 0 Å². The molecule has 20 heavy (non-hydrogen) atoms. The molecule has 3 nitrogen and oxygen atoms in total. The molecule has 0 spiro atoms. The van der Waals surface area contributed by atoms with Gasteiger partial charge in [-0.25, -0.2) is 8.42 Å². The fourth-order valence-electron chi connectivity index (χ4n) is 1.88. The van der Waals surface area contributed by atoms with Gasteiger partial charge in [-0.3, -0.25) is 0 Å². The third kappa shape index (κ3) is 5.81. The van der Waals surface area contributed by atoms with Crippen molar-refractivity contribution in [3.8, 4) is 0 Å². The highest BCUT2D eigenvalue weighted by Crippen LogP contribution is 2.27. The normalized spacial score (nSPS) is 13.9. The van der Waals surface area contributed by atoms with Gasteiger partial charge in [-0.2, -0.15) is 0 Å². The maximum Gasteiger partial charge on any atom is 0.261 e. The summed E-state index contributed by atoms with van der Waals surface area (Å²) < 4.78 is 28.4. The summed E-state index contributed by atoms with van der Waals surface area (Å²) in [7, 11) is 1.66. The van der Waals surface area contributed by atoms with Gasteiger partial charge >= 0.3 is 0 Å². The quantitative estimate of drug-likeness (QED) is 0.701. The van der Waals surface area contributed by atoms with E-state index in [0.717, 1.165) is 12.0 Å². The Morgan fingerprint density at radius 3 is 2.00 bits per heavy atom. The molecule has 0 amide bonds. The van der Waals surface area contributed by atoms with Crippen LogP contribution < -0.4 is 0 Å². The standard InChI is InChI=1S/C15H23ClO3S/c1-11(2)9-15(19-10-12(3)4)13-5-7-14(8-6-13)20(16,17)18/h5-8,11-12,15H,9-10H2,1-4H3. The molecule has 1 rings (SSSR count). The second kappa shape index (κ2) is 7.43. The third-order valence-electron chi connectivity index (χ3n) is 2.85. The van der Waals surface area contributed by atoms with Crippen molar-refractivity contribution in [3.05, 3.63) is 29.8 Å². The first-order valence-electron chi connectivity index (χ1n) is 6.86. The van der Waals surface area contributed by atoms with E-state index >= 15 is 0 Å². The molecule has 0 fully saturated rings. The first kappa shape index (κ1) is 17.5. The van der Waals surface area contributed by atoms with Crippen molar-refractivity contribution in [1.82, 2.24) is 0 Å². The van der Waals surface area contributed by atoms with Crippen LogP contribution in [-0.4, -0.2) is 15.0 Å². The minimum atomic E-state index is -3.66. The van der Waals surface area contributed by atoms with Crippen LogP contribution in [0.1, 0.15) is 45.8 Å². The van der Waals surface area contributed by atoms with Gasteiger partial charge in [-0.15, -0.1) is 0 Å². The smallest absolute Gasteiger partial charge is 0.261 e. The zero-order valence-corrected chi connectivity index (χ0v) is 14.0. The second-order valence-electron chi connectivity index (χ2n) is 5.85. The predicted octanol–water partition coefficient (Wildman–Crippen LogP) is 4.37. The molecule has 1 unspecified atom stereocenters. The SMILES string of the molecule is CC(C)COC(CC(C)C)c1ccc(S(=O)(=O)Cl)cc1. The number of halogens is 1. The van der Waals surface area contributed by atoms with E-state index < -0.39 is 9.05 Å². The lowest BCUT2D eigenvalue weighted by molar-refractivity contribution is 0.0220. The molecule has 0 saturated carbocycles. The molecule has 0 N–H and O–H groups in total. The highest BCUT2D eigenvalue weighted by Gasteiger charge is 2.16. The van der Waals surface area contributed by atoms with Crippen LogP contribution in [0.4, 0.5) is 0 Å². The number of benzene rings is 1. The van der Waals surface area contributed by atoms with Gasteiger partial charge in [0.15, 0.2) is 0 Å². The van der Waals surface area contributed by atoms with Crippen molar-refractivity contribution in [3.63, 3.8) is 0 Å². The Morgan fingerprint density at radius 1 is 1.05 bits per heavy atom. The maximum atomic E-state index is 11.2. The van der Waals surface area contributed by atoms with Gasteiger partial charge in [0.05, 0.1) is 11.0 Å². The van der Waals surface area contributed by atoms with Crippen molar-refractivity contribution in [2.45, 2.75) is 45.1 Å². The monoisotopic (exact) mass is 318 g/mol. The second-order valence-corrected chi connectivity index (χ2v) is 8.42. The summed E-state index contributed by atoms with van der Waals surface area (Å²) in [5.74, 6) is 0.968. The molecular weight excluding hydrogens is 296 g/mol. The van der Waals surface area contributed by atoms with Crippen LogP contribution in [0.5, 0.6) is 0 Å². The highest BCUT2D eigenvalue weighted by atomic mass is 35.7. The minimum absolute atomic E-state index is 0.00974. The Hall–Kier alpha value is -0.580. The molecule has 0 radical (unpaired) electrons. The molecular formula is C15H23ClO3S. The first-order valence-corrected chi connectivity index (χ1v) is 9.17. The van der Waals surface area contributed by atoms with Gasteiger partial charge < -0.3 is 4.74 Å².